The van der Waals surface area contributed by atoms with E-state index >= 15 is 0 Å². The van der Waals surface area contributed by atoms with Gasteiger partial charge < -0.3 is 5.32 Å². The Kier molecular flexibility index (Phi) is 4.81. The van der Waals surface area contributed by atoms with Gasteiger partial charge in [-0.1, -0.05) is 31.4 Å². The highest BCUT2D eigenvalue weighted by molar-refractivity contribution is 6.31. The molecule has 1 aromatic heterocycles. The molecular weight excluding hydrogens is 232 g/mol. The second-order valence-electron chi connectivity index (χ2n) is 4.88. The lowest BCUT2D eigenvalue weighted by atomic mass is 9.92. The fraction of sp³-hybridized carbons (Fsp3) is 0.643. The summed E-state index contributed by atoms with van der Waals surface area (Å²) in [6.07, 6.45) is 10.1. The van der Waals surface area contributed by atoms with Gasteiger partial charge in [0.1, 0.15) is 0 Å². The average molecular weight is 253 g/mol. The molecule has 0 bridgehead atoms. The number of halogens is 1. The molecule has 94 valence electrons. The molecule has 1 saturated carbocycles. The van der Waals surface area contributed by atoms with Crippen molar-refractivity contribution in [2.75, 3.05) is 6.54 Å². The van der Waals surface area contributed by atoms with Gasteiger partial charge >= 0.3 is 0 Å². The van der Waals surface area contributed by atoms with Crippen LogP contribution in [0.15, 0.2) is 18.5 Å². The molecule has 1 fully saturated rings. The predicted octanol–water partition coefficient (Wildman–Crippen LogP) is 3.45. The fourth-order valence-electron chi connectivity index (χ4n) is 2.83. The van der Waals surface area contributed by atoms with Gasteiger partial charge in [-0.15, -0.1) is 0 Å². The molecule has 0 aliphatic heterocycles. The summed E-state index contributed by atoms with van der Waals surface area (Å²) in [5, 5.41) is 4.42. The molecule has 1 unspecified atom stereocenters. The molecule has 0 aromatic carbocycles. The second kappa shape index (κ2) is 6.36. The highest BCUT2D eigenvalue weighted by atomic mass is 35.5. The van der Waals surface area contributed by atoms with Gasteiger partial charge in [0.15, 0.2) is 0 Å². The van der Waals surface area contributed by atoms with Crippen LogP contribution in [-0.2, 0) is 6.42 Å². The van der Waals surface area contributed by atoms with Crippen molar-refractivity contribution in [2.24, 2.45) is 5.92 Å². The second-order valence-corrected chi connectivity index (χ2v) is 5.29. The number of nitrogens with one attached hydrogen (secondary N) is 1. The molecule has 3 heteroatoms. The number of pyridine rings is 1. The fourth-order valence-corrected chi connectivity index (χ4v) is 3.03. The highest BCUT2D eigenvalue weighted by Crippen LogP contribution is 2.30. The molecule has 2 nitrogen and oxygen atoms in total. The zero-order valence-electron chi connectivity index (χ0n) is 10.5. The van der Waals surface area contributed by atoms with Crippen LogP contribution < -0.4 is 5.32 Å². The molecule has 2 rings (SSSR count). The van der Waals surface area contributed by atoms with Crippen LogP contribution in [0, 0.1) is 5.92 Å². The molecule has 0 spiro atoms. The monoisotopic (exact) mass is 252 g/mol. The van der Waals surface area contributed by atoms with E-state index in [1.807, 2.05) is 12.3 Å². The Morgan fingerprint density at radius 2 is 2.24 bits per heavy atom. The van der Waals surface area contributed by atoms with Gasteiger partial charge in [-0.2, -0.15) is 0 Å². The van der Waals surface area contributed by atoms with E-state index in [0.29, 0.717) is 6.04 Å². The summed E-state index contributed by atoms with van der Waals surface area (Å²) in [7, 11) is 0. The zero-order chi connectivity index (χ0) is 12.1. The van der Waals surface area contributed by atoms with E-state index in [1.54, 1.807) is 6.20 Å². The van der Waals surface area contributed by atoms with Gasteiger partial charge in [0.05, 0.1) is 5.02 Å². The largest absolute Gasteiger partial charge is 0.314 e. The molecule has 1 aliphatic rings. The SMILES string of the molecule is CCNC(Cc1ccncc1Cl)C1CCCC1. The van der Waals surface area contributed by atoms with Crippen LogP contribution in [0.1, 0.15) is 38.2 Å². The standard InChI is InChI=1S/C14H21ClN2/c1-2-17-14(11-5-3-4-6-11)9-12-7-8-16-10-13(12)15/h7-8,10-11,14,17H,2-6,9H2,1H3. The Balaban J connectivity index is 2.04. The van der Waals surface area contributed by atoms with Gasteiger partial charge in [0, 0.05) is 18.4 Å². The van der Waals surface area contributed by atoms with Crippen molar-refractivity contribution in [1.82, 2.24) is 10.3 Å². The van der Waals surface area contributed by atoms with E-state index in [1.165, 1.54) is 31.2 Å². The molecule has 1 aromatic rings. The number of aromatic nitrogens is 1. The minimum absolute atomic E-state index is 0.572. The van der Waals surface area contributed by atoms with E-state index in [4.69, 9.17) is 11.6 Å². The summed E-state index contributed by atoms with van der Waals surface area (Å²) < 4.78 is 0. The molecule has 17 heavy (non-hydrogen) atoms. The maximum Gasteiger partial charge on any atom is 0.0621 e. The smallest absolute Gasteiger partial charge is 0.0621 e. The van der Waals surface area contributed by atoms with Gasteiger partial charge in [0.25, 0.3) is 0 Å². The van der Waals surface area contributed by atoms with Gasteiger partial charge in [-0.25, -0.2) is 0 Å². The first kappa shape index (κ1) is 12.8. The third-order valence-corrected chi connectivity index (χ3v) is 4.07. The Morgan fingerprint density at radius 3 is 2.88 bits per heavy atom. The molecule has 1 aliphatic carbocycles. The summed E-state index contributed by atoms with van der Waals surface area (Å²) >= 11 is 6.18. The molecule has 0 saturated heterocycles. The number of hydrogen-bond donors (Lipinski definition) is 1. The average Bonchev–Trinajstić information content (AvgIpc) is 2.85. The predicted molar refractivity (Wildman–Crippen MR) is 72.4 cm³/mol. The number of rotatable bonds is 5. The lowest BCUT2D eigenvalue weighted by Gasteiger charge is -2.24. The van der Waals surface area contributed by atoms with E-state index in [9.17, 15) is 0 Å². The maximum atomic E-state index is 6.18. The van der Waals surface area contributed by atoms with Crippen molar-refractivity contribution in [3.8, 4) is 0 Å². The van der Waals surface area contributed by atoms with Crippen LogP contribution >= 0.6 is 11.6 Å². The molecule has 0 radical (unpaired) electrons. The number of nitrogens with zero attached hydrogens (tertiary/aromatic N) is 1. The van der Waals surface area contributed by atoms with Gasteiger partial charge in [-0.3, -0.25) is 4.98 Å². The van der Waals surface area contributed by atoms with Crippen molar-refractivity contribution in [2.45, 2.75) is 45.1 Å². The van der Waals surface area contributed by atoms with E-state index in [0.717, 1.165) is 23.9 Å². The summed E-state index contributed by atoms with van der Waals surface area (Å²) in [4.78, 5) is 4.04. The molecule has 0 amide bonds. The first-order chi connectivity index (χ1) is 8.31. The number of hydrogen-bond acceptors (Lipinski definition) is 2. The lowest BCUT2D eigenvalue weighted by Crippen LogP contribution is -2.37. The van der Waals surface area contributed by atoms with E-state index in [2.05, 4.69) is 17.2 Å². The lowest BCUT2D eigenvalue weighted by molar-refractivity contribution is 0.362. The zero-order valence-corrected chi connectivity index (χ0v) is 11.2. The summed E-state index contributed by atoms with van der Waals surface area (Å²) in [6, 6.07) is 2.61. The summed E-state index contributed by atoms with van der Waals surface area (Å²) in [5.41, 5.74) is 1.22. The van der Waals surface area contributed by atoms with Crippen LogP contribution in [-0.4, -0.2) is 17.6 Å². The third kappa shape index (κ3) is 3.43. The van der Waals surface area contributed by atoms with Crippen LogP contribution in [0.25, 0.3) is 0 Å². The Hall–Kier alpha value is -0.600. The van der Waals surface area contributed by atoms with Gasteiger partial charge in [-0.05, 0) is 43.4 Å². The van der Waals surface area contributed by atoms with Crippen molar-refractivity contribution in [3.05, 3.63) is 29.0 Å². The van der Waals surface area contributed by atoms with Crippen LogP contribution in [0.3, 0.4) is 0 Å². The quantitative estimate of drug-likeness (QED) is 0.868. The van der Waals surface area contributed by atoms with Crippen LogP contribution in [0.5, 0.6) is 0 Å². The summed E-state index contributed by atoms with van der Waals surface area (Å²) in [5.74, 6) is 0.819. The Bertz CT molecular complexity index is 348. The molecule has 1 N–H and O–H groups in total. The normalized spacial score (nSPS) is 18.5. The van der Waals surface area contributed by atoms with Crippen LogP contribution in [0.4, 0.5) is 0 Å². The van der Waals surface area contributed by atoms with Crippen molar-refractivity contribution < 1.29 is 0 Å². The van der Waals surface area contributed by atoms with Crippen molar-refractivity contribution in [3.63, 3.8) is 0 Å². The minimum atomic E-state index is 0.572. The minimum Gasteiger partial charge on any atom is -0.314 e. The van der Waals surface area contributed by atoms with E-state index in [-0.39, 0.29) is 0 Å². The van der Waals surface area contributed by atoms with Crippen LogP contribution in [0.2, 0.25) is 5.02 Å². The maximum absolute atomic E-state index is 6.18. The Labute approximate surface area is 109 Å². The Morgan fingerprint density at radius 1 is 1.47 bits per heavy atom. The molecular formula is C14H21ClN2. The van der Waals surface area contributed by atoms with Crippen molar-refractivity contribution >= 4 is 11.6 Å². The third-order valence-electron chi connectivity index (χ3n) is 3.73. The molecule has 1 heterocycles. The van der Waals surface area contributed by atoms with E-state index < -0.39 is 0 Å². The highest BCUT2D eigenvalue weighted by Gasteiger charge is 2.24. The summed E-state index contributed by atoms with van der Waals surface area (Å²) in [6.45, 7) is 3.21. The first-order valence-corrected chi connectivity index (χ1v) is 7.00. The van der Waals surface area contributed by atoms with Gasteiger partial charge in [0.2, 0.25) is 0 Å². The number of likely N-dealkylation sites (N-methyl/N-ethyl adjacent to an activating group) is 1. The van der Waals surface area contributed by atoms with Crippen molar-refractivity contribution in [1.29, 1.82) is 0 Å². The first-order valence-electron chi connectivity index (χ1n) is 6.63. The molecule has 1 atom stereocenters. The topological polar surface area (TPSA) is 24.9 Å².